The standard InChI is InChI=1S/C9H17N3OS/c1-5(2)11-9-12-6(3)8(14-9)7(10)4-13/h5,7,13H,4,10H2,1-3H3,(H,11,12). The van der Waals surface area contributed by atoms with Gasteiger partial charge in [0, 0.05) is 10.9 Å². The van der Waals surface area contributed by atoms with Gasteiger partial charge in [-0.2, -0.15) is 0 Å². The number of nitrogens with two attached hydrogens (primary N) is 1. The van der Waals surface area contributed by atoms with Gasteiger partial charge in [0.15, 0.2) is 5.13 Å². The predicted molar refractivity (Wildman–Crippen MR) is 59.6 cm³/mol. The minimum absolute atomic E-state index is 0.0375. The summed E-state index contributed by atoms with van der Waals surface area (Å²) in [5.74, 6) is 0. The van der Waals surface area contributed by atoms with Crippen LogP contribution in [0.3, 0.4) is 0 Å². The quantitative estimate of drug-likeness (QED) is 0.707. The molecule has 0 fully saturated rings. The highest BCUT2D eigenvalue weighted by Gasteiger charge is 2.13. The number of hydrogen-bond acceptors (Lipinski definition) is 5. The Hall–Kier alpha value is -0.650. The number of rotatable bonds is 4. The molecule has 0 bridgehead atoms. The summed E-state index contributed by atoms with van der Waals surface area (Å²) in [6.07, 6.45) is 0. The van der Waals surface area contributed by atoms with Crippen LogP contribution in [0, 0.1) is 6.92 Å². The first kappa shape index (κ1) is 11.4. The zero-order valence-corrected chi connectivity index (χ0v) is 9.56. The van der Waals surface area contributed by atoms with E-state index in [0.29, 0.717) is 6.04 Å². The van der Waals surface area contributed by atoms with Crippen LogP contribution in [-0.2, 0) is 0 Å². The lowest BCUT2D eigenvalue weighted by atomic mass is 10.2. The van der Waals surface area contributed by atoms with E-state index >= 15 is 0 Å². The van der Waals surface area contributed by atoms with E-state index in [1.807, 2.05) is 6.92 Å². The SMILES string of the molecule is Cc1nc(NC(C)C)sc1C(N)CO. The van der Waals surface area contributed by atoms with E-state index in [2.05, 4.69) is 24.1 Å². The Morgan fingerprint density at radius 2 is 2.21 bits per heavy atom. The molecule has 0 spiro atoms. The van der Waals surface area contributed by atoms with Gasteiger partial charge in [0.25, 0.3) is 0 Å². The second-order valence-corrected chi connectivity index (χ2v) is 4.59. The van der Waals surface area contributed by atoms with Crippen molar-refractivity contribution in [1.29, 1.82) is 0 Å². The summed E-state index contributed by atoms with van der Waals surface area (Å²) < 4.78 is 0. The number of aliphatic hydroxyl groups is 1. The lowest BCUT2D eigenvalue weighted by Crippen LogP contribution is -2.13. The van der Waals surface area contributed by atoms with E-state index in [1.54, 1.807) is 0 Å². The minimum atomic E-state index is -0.310. The van der Waals surface area contributed by atoms with Gasteiger partial charge in [0.05, 0.1) is 18.3 Å². The largest absolute Gasteiger partial charge is 0.394 e. The van der Waals surface area contributed by atoms with Gasteiger partial charge in [-0.25, -0.2) is 4.98 Å². The van der Waals surface area contributed by atoms with E-state index in [4.69, 9.17) is 10.8 Å². The average molecular weight is 215 g/mol. The zero-order chi connectivity index (χ0) is 10.7. The van der Waals surface area contributed by atoms with Crippen LogP contribution in [-0.4, -0.2) is 22.7 Å². The van der Waals surface area contributed by atoms with Crippen molar-refractivity contribution in [3.8, 4) is 0 Å². The molecule has 1 unspecified atom stereocenters. The molecule has 1 heterocycles. The smallest absolute Gasteiger partial charge is 0.183 e. The maximum Gasteiger partial charge on any atom is 0.183 e. The Bertz CT molecular complexity index is 298. The number of hydrogen-bond donors (Lipinski definition) is 3. The first-order valence-corrected chi connectivity index (χ1v) is 5.46. The van der Waals surface area contributed by atoms with Crippen LogP contribution in [0.2, 0.25) is 0 Å². The van der Waals surface area contributed by atoms with E-state index in [9.17, 15) is 0 Å². The Morgan fingerprint density at radius 1 is 1.57 bits per heavy atom. The molecule has 0 amide bonds. The molecule has 0 radical (unpaired) electrons. The molecule has 0 aliphatic rings. The number of aryl methyl sites for hydroxylation is 1. The van der Waals surface area contributed by atoms with Crippen molar-refractivity contribution in [3.63, 3.8) is 0 Å². The van der Waals surface area contributed by atoms with E-state index in [-0.39, 0.29) is 12.6 Å². The topological polar surface area (TPSA) is 71.2 Å². The average Bonchev–Trinajstić information content (AvgIpc) is 2.44. The molecule has 0 saturated heterocycles. The molecule has 5 heteroatoms. The monoisotopic (exact) mass is 215 g/mol. The highest BCUT2D eigenvalue weighted by Crippen LogP contribution is 2.27. The minimum Gasteiger partial charge on any atom is -0.394 e. The predicted octanol–water partition coefficient (Wildman–Crippen LogP) is 1.26. The van der Waals surface area contributed by atoms with Crippen molar-refractivity contribution in [2.75, 3.05) is 11.9 Å². The second kappa shape index (κ2) is 4.72. The third kappa shape index (κ3) is 2.67. The Morgan fingerprint density at radius 3 is 2.71 bits per heavy atom. The van der Waals surface area contributed by atoms with Crippen molar-refractivity contribution >= 4 is 16.5 Å². The third-order valence-corrected chi connectivity index (χ3v) is 3.00. The summed E-state index contributed by atoms with van der Waals surface area (Å²) in [6, 6.07) is 0.0500. The number of anilines is 1. The maximum atomic E-state index is 8.94. The van der Waals surface area contributed by atoms with Gasteiger partial charge in [0.2, 0.25) is 0 Å². The molecule has 0 saturated carbocycles. The van der Waals surface area contributed by atoms with Gasteiger partial charge in [-0.1, -0.05) is 0 Å². The summed E-state index contributed by atoms with van der Waals surface area (Å²) in [7, 11) is 0. The summed E-state index contributed by atoms with van der Waals surface area (Å²) in [5, 5.41) is 13.0. The molecular weight excluding hydrogens is 198 g/mol. The summed E-state index contributed by atoms with van der Waals surface area (Å²) in [6.45, 7) is 5.99. The van der Waals surface area contributed by atoms with Crippen LogP contribution in [0.5, 0.6) is 0 Å². The van der Waals surface area contributed by atoms with Crippen LogP contribution in [0.15, 0.2) is 0 Å². The van der Waals surface area contributed by atoms with Crippen molar-refractivity contribution < 1.29 is 5.11 Å². The lowest BCUT2D eigenvalue weighted by molar-refractivity contribution is 0.269. The van der Waals surface area contributed by atoms with Crippen molar-refractivity contribution in [3.05, 3.63) is 10.6 Å². The molecule has 80 valence electrons. The molecule has 1 atom stereocenters. The molecule has 1 aromatic heterocycles. The number of nitrogens with one attached hydrogen (secondary N) is 1. The summed E-state index contributed by atoms with van der Waals surface area (Å²) >= 11 is 1.51. The Labute approximate surface area is 88.2 Å². The van der Waals surface area contributed by atoms with Gasteiger partial charge in [-0.15, -0.1) is 11.3 Å². The van der Waals surface area contributed by atoms with Crippen LogP contribution in [0.25, 0.3) is 0 Å². The van der Waals surface area contributed by atoms with E-state index in [1.165, 1.54) is 11.3 Å². The van der Waals surface area contributed by atoms with Crippen LogP contribution in [0.4, 0.5) is 5.13 Å². The molecule has 1 rings (SSSR count). The van der Waals surface area contributed by atoms with Crippen molar-refractivity contribution in [1.82, 2.24) is 4.98 Å². The lowest BCUT2D eigenvalue weighted by Gasteiger charge is -2.05. The number of aliphatic hydroxyl groups excluding tert-OH is 1. The number of nitrogens with zero attached hydrogens (tertiary/aromatic N) is 1. The van der Waals surface area contributed by atoms with E-state index in [0.717, 1.165) is 15.7 Å². The molecule has 0 aromatic carbocycles. The Balaban J connectivity index is 2.82. The van der Waals surface area contributed by atoms with Gasteiger partial charge in [-0.3, -0.25) is 0 Å². The first-order valence-electron chi connectivity index (χ1n) is 4.65. The maximum absolute atomic E-state index is 8.94. The fourth-order valence-electron chi connectivity index (χ4n) is 1.14. The molecule has 0 aliphatic carbocycles. The van der Waals surface area contributed by atoms with Crippen molar-refractivity contribution in [2.24, 2.45) is 5.73 Å². The molecular formula is C9H17N3OS. The first-order chi connectivity index (χ1) is 6.54. The van der Waals surface area contributed by atoms with E-state index < -0.39 is 0 Å². The van der Waals surface area contributed by atoms with Gasteiger partial charge in [-0.05, 0) is 20.8 Å². The highest BCUT2D eigenvalue weighted by atomic mass is 32.1. The molecule has 4 nitrogen and oxygen atoms in total. The fourth-order valence-corrected chi connectivity index (χ4v) is 2.25. The fraction of sp³-hybridized carbons (Fsp3) is 0.667. The van der Waals surface area contributed by atoms with Crippen LogP contribution in [0.1, 0.15) is 30.5 Å². The molecule has 1 aromatic rings. The van der Waals surface area contributed by atoms with Crippen molar-refractivity contribution in [2.45, 2.75) is 32.9 Å². The summed E-state index contributed by atoms with van der Waals surface area (Å²) in [4.78, 5) is 5.29. The van der Waals surface area contributed by atoms with Crippen LogP contribution < -0.4 is 11.1 Å². The zero-order valence-electron chi connectivity index (χ0n) is 8.74. The van der Waals surface area contributed by atoms with Gasteiger partial charge in [0.1, 0.15) is 0 Å². The third-order valence-electron chi connectivity index (χ3n) is 1.78. The van der Waals surface area contributed by atoms with Gasteiger partial charge < -0.3 is 16.2 Å². The Kier molecular flexibility index (Phi) is 3.86. The number of thiazole rings is 1. The van der Waals surface area contributed by atoms with Crippen LogP contribution >= 0.6 is 11.3 Å². The summed E-state index contributed by atoms with van der Waals surface area (Å²) in [5.41, 5.74) is 6.63. The molecule has 4 N–H and O–H groups in total. The highest BCUT2D eigenvalue weighted by molar-refractivity contribution is 7.15. The molecule has 0 aliphatic heterocycles. The molecule has 14 heavy (non-hydrogen) atoms. The second-order valence-electron chi connectivity index (χ2n) is 3.56. The van der Waals surface area contributed by atoms with Gasteiger partial charge >= 0.3 is 0 Å². The number of aromatic nitrogens is 1. The normalized spacial score (nSPS) is 13.3.